The van der Waals surface area contributed by atoms with Crippen molar-refractivity contribution < 1.29 is 14.2 Å². The molecule has 2 aromatic carbocycles. The minimum atomic E-state index is 0.0576. The number of ether oxygens (including phenoxy) is 3. The van der Waals surface area contributed by atoms with Gasteiger partial charge in [-0.05, 0) is 25.0 Å². The molecule has 1 saturated heterocycles. The molecule has 0 spiro atoms. The van der Waals surface area contributed by atoms with Gasteiger partial charge in [-0.15, -0.1) is 0 Å². The summed E-state index contributed by atoms with van der Waals surface area (Å²) in [6.45, 7) is 5.39. The van der Waals surface area contributed by atoms with E-state index in [9.17, 15) is 0 Å². The Morgan fingerprint density at radius 2 is 1.17 bits per heavy atom. The molecule has 3 nitrogen and oxygen atoms in total. The Balaban J connectivity index is 1.53. The Morgan fingerprint density at radius 1 is 0.750 bits per heavy atom. The van der Waals surface area contributed by atoms with Crippen molar-refractivity contribution in [1.29, 1.82) is 0 Å². The topological polar surface area (TPSA) is 27.7 Å². The molecule has 4 unspecified atom stereocenters. The molecule has 1 aliphatic rings. The van der Waals surface area contributed by atoms with Crippen LogP contribution in [0.5, 0.6) is 0 Å². The third-order valence-electron chi connectivity index (χ3n) is 4.55. The second kappa shape index (κ2) is 8.43. The van der Waals surface area contributed by atoms with Crippen molar-refractivity contribution in [1.82, 2.24) is 0 Å². The van der Waals surface area contributed by atoms with Gasteiger partial charge in [-0.2, -0.15) is 0 Å². The molecule has 0 saturated carbocycles. The normalized spacial score (nSPS) is 27.1. The van der Waals surface area contributed by atoms with E-state index in [0.717, 1.165) is 6.42 Å². The van der Waals surface area contributed by atoms with Crippen molar-refractivity contribution in [3.05, 3.63) is 71.8 Å². The van der Waals surface area contributed by atoms with Crippen LogP contribution in [-0.4, -0.2) is 24.4 Å². The van der Waals surface area contributed by atoms with Gasteiger partial charge in [0.2, 0.25) is 0 Å². The zero-order chi connectivity index (χ0) is 16.8. The molecule has 0 radical (unpaired) electrons. The molecule has 0 amide bonds. The standard InChI is InChI=1S/C21H26O3/c1-16-20(22-14-18-9-5-3-6-10-18)13-21(17(2)24-16)23-15-19-11-7-4-8-12-19/h3-12,16-17,20-21H,13-15H2,1-2H3. The summed E-state index contributed by atoms with van der Waals surface area (Å²) in [7, 11) is 0. The molecule has 0 bridgehead atoms. The lowest BCUT2D eigenvalue weighted by molar-refractivity contribution is -0.191. The Hall–Kier alpha value is -1.68. The predicted octanol–water partition coefficient (Wildman–Crippen LogP) is 4.35. The van der Waals surface area contributed by atoms with Gasteiger partial charge in [0.25, 0.3) is 0 Å². The van der Waals surface area contributed by atoms with E-state index in [1.165, 1.54) is 11.1 Å². The molecule has 4 atom stereocenters. The Labute approximate surface area is 144 Å². The van der Waals surface area contributed by atoms with E-state index in [1.807, 2.05) is 36.4 Å². The van der Waals surface area contributed by atoms with Gasteiger partial charge < -0.3 is 14.2 Å². The van der Waals surface area contributed by atoms with Crippen LogP contribution in [0.2, 0.25) is 0 Å². The van der Waals surface area contributed by atoms with E-state index in [2.05, 4.69) is 38.1 Å². The summed E-state index contributed by atoms with van der Waals surface area (Å²) in [4.78, 5) is 0. The quantitative estimate of drug-likeness (QED) is 0.789. The lowest BCUT2D eigenvalue weighted by Crippen LogP contribution is -2.46. The van der Waals surface area contributed by atoms with E-state index < -0.39 is 0 Å². The van der Waals surface area contributed by atoms with Gasteiger partial charge in [-0.25, -0.2) is 0 Å². The van der Waals surface area contributed by atoms with E-state index in [4.69, 9.17) is 14.2 Å². The summed E-state index contributed by atoms with van der Waals surface area (Å²) in [5.74, 6) is 0. The summed E-state index contributed by atoms with van der Waals surface area (Å²) >= 11 is 0. The molecule has 0 N–H and O–H groups in total. The molecule has 0 aromatic heterocycles. The molecular formula is C21H26O3. The van der Waals surface area contributed by atoms with Crippen molar-refractivity contribution in [2.75, 3.05) is 0 Å². The van der Waals surface area contributed by atoms with Gasteiger partial charge in [0.05, 0.1) is 37.6 Å². The van der Waals surface area contributed by atoms with E-state index in [0.29, 0.717) is 13.2 Å². The van der Waals surface area contributed by atoms with Crippen LogP contribution < -0.4 is 0 Å². The predicted molar refractivity (Wildman–Crippen MR) is 94.7 cm³/mol. The molecule has 3 heteroatoms. The molecule has 24 heavy (non-hydrogen) atoms. The van der Waals surface area contributed by atoms with Crippen LogP contribution in [0.15, 0.2) is 60.7 Å². The molecule has 0 aliphatic carbocycles. The van der Waals surface area contributed by atoms with Crippen molar-refractivity contribution in [3.8, 4) is 0 Å². The lowest BCUT2D eigenvalue weighted by atomic mass is 9.99. The molecule has 1 fully saturated rings. The molecule has 3 rings (SSSR count). The average molecular weight is 326 g/mol. The first-order valence-electron chi connectivity index (χ1n) is 8.69. The Bertz CT molecular complexity index is 545. The highest BCUT2D eigenvalue weighted by Gasteiger charge is 2.34. The lowest BCUT2D eigenvalue weighted by Gasteiger charge is -2.38. The third-order valence-corrected chi connectivity index (χ3v) is 4.55. The molecule has 2 aromatic rings. The van der Waals surface area contributed by atoms with Crippen LogP contribution in [0, 0.1) is 0 Å². The third kappa shape index (κ3) is 4.67. The van der Waals surface area contributed by atoms with Crippen LogP contribution in [0.25, 0.3) is 0 Å². The Kier molecular flexibility index (Phi) is 6.02. The van der Waals surface area contributed by atoms with E-state index in [1.54, 1.807) is 0 Å². The van der Waals surface area contributed by atoms with E-state index >= 15 is 0 Å². The first kappa shape index (κ1) is 17.2. The van der Waals surface area contributed by atoms with Crippen molar-refractivity contribution in [2.45, 2.75) is 57.9 Å². The average Bonchev–Trinajstić information content (AvgIpc) is 2.62. The first-order valence-corrected chi connectivity index (χ1v) is 8.69. The minimum Gasteiger partial charge on any atom is -0.371 e. The maximum absolute atomic E-state index is 6.11. The second-order valence-electron chi connectivity index (χ2n) is 6.45. The van der Waals surface area contributed by atoms with Gasteiger partial charge in [-0.1, -0.05) is 60.7 Å². The fraction of sp³-hybridized carbons (Fsp3) is 0.429. The summed E-state index contributed by atoms with van der Waals surface area (Å²) in [5, 5.41) is 0. The molecular weight excluding hydrogens is 300 g/mol. The summed E-state index contributed by atoms with van der Waals surface area (Å²) in [6.07, 6.45) is 1.15. The largest absolute Gasteiger partial charge is 0.371 e. The smallest absolute Gasteiger partial charge is 0.0864 e. The number of hydrogen-bond donors (Lipinski definition) is 0. The van der Waals surface area contributed by atoms with Crippen molar-refractivity contribution in [2.24, 2.45) is 0 Å². The minimum absolute atomic E-state index is 0.0576. The maximum Gasteiger partial charge on any atom is 0.0864 e. The molecule has 1 aliphatic heterocycles. The fourth-order valence-electron chi connectivity index (χ4n) is 3.09. The van der Waals surface area contributed by atoms with Gasteiger partial charge in [0, 0.05) is 6.42 Å². The van der Waals surface area contributed by atoms with Crippen molar-refractivity contribution >= 4 is 0 Å². The Morgan fingerprint density at radius 3 is 1.58 bits per heavy atom. The highest BCUT2D eigenvalue weighted by atomic mass is 16.6. The molecule has 128 valence electrons. The van der Waals surface area contributed by atoms with Crippen LogP contribution in [-0.2, 0) is 27.4 Å². The number of hydrogen-bond acceptors (Lipinski definition) is 3. The number of benzene rings is 2. The zero-order valence-electron chi connectivity index (χ0n) is 14.4. The SMILES string of the molecule is CC1OC(C)C(OCc2ccccc2)CC1OCc1ccccc1. The van der Waals surface area contributed by atoms with Crippen LogP contribution in [0.1, 0.15) is 31.4 Å². The maximum atomic E-state index is 6.11. The first-order chi connectivity index (χ1) is 11.7. The highest BCUT2D eigenvalue weighted by Crippen LogP contribution is 2.26. The van der Waals surface area contributed by atoms with Crippen LogP contribution >= 0.6 is 0 Å². The summed E-state index contributed by atoms with van der Waals surface area (Å²) < 4.78 is 18.3. The zero-order valence-corrected chi connectivity index (χ0v) is 14.4. The van der Waals surface area contributed by atoms with Gasteiger partial charge in [0.15, 0.2) is 0 Å². The van der Waals surface area contributed by atoms with Gasteiger partial charge >= 0.3 is 0 Å². The fourth-order valence-corrected chi connectivity index (χ4v) is 3.09. The van der Waals surface area contributed by atoms with Crippen LogP contribution in [0.3, 0.4) is 0 Å². The monoisotopic (exact) mass is 326 g/mol. The number of rotatable bonds is 6. The van der Waals surface area contributed by atoms with Crippen molar-refractivity contribution in [3.63, 3.8) is 0 Å². The summed E-state index contributed by atoms with van der Waals surface area (Å²) in [6, 6.07) is 20.5. The summed E-state index contributed by atoms with van der Waals surface area (Å²) in [5.41, 5.74) is 2.37. The highest BCUT2D eigenvalue weighted by molar-refractivity contribution is 5.14. The van der Waals surface area contributed by atoms with Gasteiger partial charge in [0.1, 0.15) is 0 Å². The second-order valence-corrected chi connectivity index (χ2v) is 6.45. The van der Waals surface area contributed by atoms with E-state index in [-0.39, 0.29) is 24.4 Å². The van der Waals surface area contributed by atoms with Crippen LogP contribution in [0.4, 0.5) is 0 Å². The molecule has 1 heterocycles. The van der Waals surface area contributed by atoms with Gasteiger partial charge in [-0.3, -0.25) is 0 Å².